The summed E-state index contributed by atoms with van der Waals surface area (Å²) in [6.07, 6.45) is -1.34. The number of hydrogen-bond donors (Lipinski definition) is 2. The average Bonchev–Trinajstić information content (AvgIpc) is 2.99. The maximum absolute atomic E-state index is 13.3. The zero-order chi connectivity index (χ0) is 31.6. The van der Waals surface area contributed by atoms with E-state index in [0.29, 0.717) is 28.0 Å². The maximum atomic E-state index is 13.3. The maximum Gasteiger partial charge on any atom is 0.416 e. The minimum absolute atomic E-state index is 0.153. The van der Waals surface area contributed by atoms with E-state index in [1.165, 1.54) is 16.7 Å². The summed E-state index contributed by atoms with van der Waals surface area (Å²) in [6, 6.07) is 12.8. The first-order valence-corrected chi connectivity index (χ1v) is 13.8. The van der Waals surface area contributed by atoms with Gasteiger partial charge in [0.15, 0.2) is 5.65 Å². The summed E-state index contributed by atoms with van der Waals surface area (Å²) in [5, 5.41) is 6.23. The van der Waals surface area contributed by atoms with Gasteiger partial charge in [0.05, 0.1) is 28.5 Å². The van der Waals surface area contributed by atoms with Crippen molar-refractivity contribution < 1.29 is 18.0 Å². The van der Waals surface area contributed by atoms with E-state index < -0.39 is 23.3 Å². The highest BCUT2D eigenvalue weighted by Crippen LogP contribution is 2.30. The molecule has 0 saturated heterocycles. The fraction of sp³-hybridized carbons (Fsp3) is 0.226. The van der Waals surface area contributed by atoms with Crippen LogP contribution in [0.3, 0.4) is 0 Å². The van der Waals surface area contributed by atoms with Crippen LogP contribution in [0.4, 0.5) is 36.3 Å². The van der Waals surface area contributed by atoms with Gasteiger partial charge in [-0.1, -0.05) is 12.1 Å². The lowest BCUT2D eigenvalue weighted by molar-refractivity contribution is -0.137. The lowest BCUT2D eigenvalue weighted by atomic mass is 10.1. The Morgan fingerprint density at radius 2 is 1.68 bits per heavy atom. The van der Waals surface area contributed by atoms with Crippen LogP contribution in [0.15, 0.2) is 71.8 Å². The number of aryl methyl sites for hydroxylation is 2. The molecule has 2 N–H and O–H groups in total. The Labute approximate surface area is 250 Å². The lowest BCUT2D eigenvalue weighted by Crippen LogP contribution is -2.25. The van der Waals surface area contributed by atoms with E-state index in [1.54, 1.807) is 44.4 Å². The lowest BCUT2D eigenvalue weighted by Gasteiger charge is -2.19. The Morgan fingerprint density at radius 1 is 0.932 bits per heavy atom. The molecule has 3 heterocycles. The van der Waals surface area contributed by atoms with E-state index in [-0.39, 0.29) is 22.8 Å². The molecule has 5 aromatic rings. The van der Waals surface area contributed by atoms with Gasteiger partial charge >= 0.3 is 11.9 Å². The molecule has 0 aliphatic carbocycles. The second-order valence-corrected chi connectivity index (χ2v) is 9.98. The molecule has 0 saturated carbocycles. The molecule has 226 valence electrons. The molecule has 13 heteroatoms. The number of rotatable bonds is 8. The molecule has 3 aromatic heterocycles. The average molecular weight is 603 g/mol. The van der Waals surface area contributed by atoms with Crippen LogP contribution >= 0.6 is 0 Å². The number of aromatic nitrogens is 5. The summed E-state index contributed by atoms with van der Waals surface area (Å²) in [6.45, 7) is 9.31. The Morgan fingerprint density at radius 3 is 2.36 bits per heavy atom. The first-order chi connectivity index (χ1) is 21.0. The molecule has 0 bridgehead atoms. The van der Waals surface area contributed by atoms with Gasteiger partial charge in [0.2, 0.25) is 5.95 Å². The predicted octanol–water partition coefficient (Wildman–Crippen LogP) is 6.05. The van der Waals surface area contributed by atoms with Gasteiger partial charge in [0.25, 0.3) is 5.91 Å². The number of amides is 1. The highest BCUT2D eigenvalue weighted by atomic mass is 19.4. The standard InChI is InChI=1S/C31H29F3N8O2/c1-5-41(6-2)26-13-12-23(16-35-26)38-29-36-17-24-19(4)42(30(44)40-27(24)39-29)25-15-22(11-10-18(25)3)37-28(43)20-8-7-9-21(14-20)31(32,33)34/h7-17H,5-6H2,1-4H3,(H,37,43)(H,38,39,40,44). The van der Waals surface area contributed by atoms with E-state index in [0.717, 1.165) is 31.0 Å². The Hall–Kier alpha value is -5.33. The first kappa shape index (κ1) is 30.1. The van der Waals surface area contributed by atoms with E-state index in [4.69, 9.17) is 0 Å². The number of fused-ring (bicyclic) bond motifs is 1. The number of nitrogens with one attached hydrogen (secondary N) is 2. The predicted molar refractivity (Wildman–Crippen MR) is 163 cm³/mol. The highest BCUT2D eigenvalue weighted by Gasteiger charge is 2.31. The van der Waals surface area contributed by atoms with Crippen molar-refractivity contribution in [1.82, 2.24) is 24.5 Å². The highest BCUT2D eigenvalue weighted by molar-refractivity contribution is 6.04. The van der Waals surface area contributed by atoms with Crippen molar-refractivity contribution in [3.05, 3.63) is 99.9 Å². The van der Waals surface area contributed by atoms with Crippen molar-refractivity contribution in [1.29, 1.82) is 0 Å². The monoisotopic (exact) mass is 602 g/mol. The molecule has 5 rings (SSSR count). The van der Waals surface area contributed by atoms with Crippen LogP contribution in [0.2, 0.25) is 0 Å². The molecule has 0 unspecified atom stereocenters. The largest absolute Gasteiger partial charge is 0.416 e. The molecule has 0 atom stereocenters. The zero-order valence-corrected chi connectivity index (χ0v) is 24.4. The van der Waals surface area contributed by atoms with Crippen LogP contribution in [-0.4, -0.2) is 43.5 Å². The van der Waals surface area contributed by atoms with Crippen molar-refractivity contribution in [3.63, 3.8) is 0 Å². The van der Waals surface area contributed by atoms with Crippen molar-refractivity contribution >= 4 is 40.1 Å². The molecule has 2 aromatic carbocycles. The number of pyridine rings is 1. The second-order valence-electron chi connectivity index (χ2n) is 9.98. The van der Waals surface area contributed by atoms with Crippen LogP contribution in [-0.2, 0) is 6.18 Å². The van der Waals surface area contributed by atoms with Crippen molar-refractivity contribution in [3.8, 4) is 5.69 Å². The fourth-order valence-corrected chi connectivity index (χ4v) is 4.75. The number of alkyl halides is 3. The van der Waals surface area contributed by atoms with Gasteiger partial charge in [-0.25, -0.2) is 14.8 Å². The van der Waals surface area contributed by atoms with E-state index in [2.05, 4.69) is 49.3 Å². The molecule has 0 aliphatic rings. The quantitative estimate of drug-likeness (QED) is 0.221. The van der Waals surface area contributed by atoms with E-state index >= 15 is 0 Å². The summed E-state index contributed by atoms with van der Waals surface area (Å²) in [7, 11) is 0. The molecular weight excluding hydrogens is 573 g/mol. The normalized spacial score (nSPS) is 11.4. The SMILES string of the molecule is CCN(CC)c1ccc(Nc2ncc3c(C)n(-c4cc(NC(=O)c5cccc(C(F)(F)F)c5)ccc4C)c(=O)nc3n2)cn1. The fourth-order valence-electron chi connectivity index (χ4n) is 4.75. The van der Waals surface area contributed by atoms with Crippen LogP contribution < -0.4 is 21.2 Å². The third-order valence-corrected chi connectivity index (χ3v) is 7.14. The van der Waals surface area contributed by atoms with Crippen LogP contribution in [0.25, 0.3) is 16.7 Å². The van der Waals surface area contributed by atoms with Gasteiger partial charge in [-0.2, -0.15) is 23.1 Å². The minimum atomic E-state index is -4.58. The Kier molecular flexibility index (Phi) is 8.30. The molecule has 0 radical (unpaired) electrons. The summed E-state index contributed by atoms with van der Waals surface area (Å²) in [5.74, 6) is 0.375. The smallest absolute Gasteiger partial charge is 0.357 e. The summed E-state index contributed by atoms with van der Waals surface area (Å²) in [4.78, 5) is 45.7. The first-order valence-electron chi connectivity index (χ1n) is 13.8. The Balaban J connectivity index is 1.42. The summed E-state index contributed by atoms with van der Waals surface area (Å²) < 4.78 is 40.8. The third-order valence-electron chi connectivity index (χ3n) is 7.14. The Bertz CT molecular complexity index is 1900. The number of nitrogens with zero attached hydrogens (tertiary/aromatic N) is 6. The number of carbonyl (C=O) groups is 1. The van der Waals surface area contributed by atoms with Crippen molar-refractivity contribution in [2.75, 3.05) is 28.6 Å². The van der Waals surface area contributed by atoms with Gasteiger partial charge in [-0.15, -0.1) is 0 Å². The molecule has 0 aliphatic heterocycles. The van der Waals surface area contributed by atoms with Crippen molar-refractivity contribution in [2.45, 2.75) is 33.9 Å². The van der Waals surface area contributed by atoms with Gasteiger partial charge in [0.1, 0.15) is 5.82 Å². The van der Waals surface area contributed by atoms with Crippen LogP contribution in [0.1, 0.15) is 41.0 Å². The number of halogens is 3. The van der Waals surface area contributed by atoms with Crippen LogP contribution in [0, 0.1) is 13.8 Å². The number of hydrogen-bond acceptors (Lipinski definition) is 8. The van der Waals surface area contributed by atoms with Gasteiger partial charge in [-0.3, -0.25) is 9.36 Å². The minimum Gasteiger partial charge on any atom is -0.357 e. The summed E-state index contributed by atoms with van der Waals surface area (Å²) >= 11 is 0. The molecule has 0 fully saturated rings. The third kappa shape index (κ3) is 6.21. The van der Waals surface area contributed by atoms with Gasteiger partial charge in [0, 0.05) is 36.2 Å². The number of benzene rings is 2. The topological polar surface area (TPSA) is 118 Å². The van der Waals surface area contributed by atoms with Gasteiger partial charge in [-0.05, 0) is 75.7 Å². The van der Waals surface area contributed by atoms with E-state index in [9.17, 15) is 22.8 Å². The zero-order valence-electron chi connectivity index (χ0n) is 24.4. The summed E-state index contributed by atoms with van der Waals surface area (Å²) in [5.41, 5.74) is 1.13. The van der Waals surface area contributed by atoms with Gasteiger partial charge < -0.3 is 15.5 Å². The van der Waals surface area contributed by atoms with Crippen molar-refractivity contribution in [2.24, 2.45) is 0 Å². The number of anilines is 4. The second kappa shape index (κ2) is 12.1. The number of carbonyl (C=O) groups excluding carboxylic acids is 1. The van der Waals surface area contributed by atoms with Crippen LogP contribution in [0.5, 0.6) is 0 Å². The molecular formula is C31H29F3N8O2. The molecule has 44 heavy (non-hydrogen) atoms. The molecule has 0 spiro atoms. The molecule has 10 nitrogen and oxygen atoms in total. The van der Waals surface area contributed by atoms with E-state index in [1.807, 2.05) is 12.1 Å². The molecule has 1 amide bonds.